The van der Waals surface area contributed by atoms with Gasteiger partial charge in [-0.1, -0.05) is 54.1 Å². The minimum Gasteiger partial charge on any atom is -0.396 e. The predicted octanol–water partition coefficient (Wildman–Crippen LogP) is 5.40. The molecule has 0 bridgehead atoms. The first-order chi connectivity index (χ1) is 18.9. The van der Waals surface area contributed by atoms with Crippen molar-refractivity contribution in [3.05, 3.63) is 95.1 Å². The van der Waals surface area contributed by atoms with Gasteiger partial charge in [-0.25, -0.2) is 4.98 Å². The lowest BCUT2D eigenvalue weighted by molar-refractivity contribution is 0.545. The fourth-order valence-corrected chi connectivity index (χ4v) is 7.21. The molecule has 3 aromatic carbocycles. The fraction of sp³-hybridized carbons (Fsp3) is 0.281. The van der Waals surface area contributed by atoms with Crippen molar-refractivity contribution in [3.8, 4) is 11.1 Å². The highest BCUT2D eigenvalue weighted by Gasteiger charge is 2.60. The van der Waals surface area contributed by atoms with E-state index in [2.05, 4.69) is 82.1 Å². The molecule has 1 aromatic heterocycles. The van der Waals surface area contributed by atoms with Gasteiger partial charge >= 0.3 is 0 Å². The van der Waals surface area contributed by atoms with E-state index in [1.807, 2.05) is 6.07 Å². The van der Waals surface area contributed by atoms with Gasteiger partial charge in [-0.2, -0.15) is 0 Å². The number of aromatic nitrogens is 2. The minimum absolute atomic E-state index is 0.0395. The summed E-state index contributed by atoms with van der Waals surface area (Å²) in [6.07, 6.45) is 5.80. The van der Waals surface area contributed by atoms with Crippen molar-refractivity contribution in [2.75, 3.05) is 0 Å². The van der Waals surface area contributed by atoms with Crippen molar-refractivity contribution < 1.29 is 0 Å². The third-order valence-corrected chi connectivity index (χ3v) is 9.87. The molecule has 9 rings (SSSR count). The molecule has 1 unspecified atom stereocenters. The molecule has 194 valence electrons. The van der Waals surface area contributed by atoms with Gasteiger partial charge in [0, 0.05) is 29.3 Å². The van der Waals surface area contributed by atoms with Crippen LogP contribution in [0.4, 0.5) is 0 Å². The normalized spacial score (nSPS) is 32.3. The number of hydrogen-bond acceptors (Lipinski definition) is 5. The summed E-state index contributed by atoms with van der Waals surface area (Å²) in [6, 6.07) is 20.7. The van der Waals surface area contributed by atoms with Crippen LogP contribution in [-0.2, 0) is 0 Å². The molecule has 1 spiro atoms. The molecule has 4 aromatic rings. The van der Waals surface area contributed by atoms with Crippen LogP contribution in [0.15, 0.2) is 83.7 Å². The topological polar surface area (TPSA) is 90.8 Å². The SMILES string of the molecule is C=C1[C@H]2N[C@H](c3nc4ccc(-c5ccc6cc(/C(N)=C(\Cl)NC7=CC78C[C@H]7C[C@H]7N8)ccc6c5)cc4[nH]3)C[C@@H]12. The second-order valence-electron chi connectivity index (χ2n) is 12.1. The van der Waals surface area contributed by atoms with Crippen LogP contribution >= 0.6 is 11.6 Å². The Morgan fingerprint density at radius 2 is 1.87 bits per heavy atom. The summed E-state index contributed by atoms with van der Waals surface area (Å²) < 4.78 is 0. The molecule has 39 heavy (non-hydrogen) atoms. The molecule has 2 saturated carbocycles. The van der Waals surface area contributed by atoms with Gasteiger partial charge < -0.3 is 21.4 Å². The second-order valence-corrected chi connectivity index (χ2v) is 12.5. The molecule has 0 amide bonds. The number of halogens is 1. The van der Waals surface area contributed by atoms with Crippen LogP contribution in [0.25, 0.3) is 38.6 Å². The van der Waals surface area contributed by atoms with Gasteiger partial charge in [0.15, 0.2) is 0 Å². The molecule has 2 aliphatic heterocycles. The number of hydrogen-bond donors (Lipinski definition) is 5. The summed E-state index contributed by atoms with van der Waals surface area (Å²) in [7, 11) is 0. The highest BCUT2D eigenvalue weighted by atomic mass is 35.5. The molecule has 5 aliphatic rings. The molecule has 2 saturated heterocycles. The molecular weight excluding hydrogens is 504 g/mol. The Morgan fingerprint density at radius 1 is 1.05 bits per heavy atom. The van der Waals surface area contributed by atoms with Crippen molar-refractivity contribution in [2.45, 2.75) is 42.9 Å². The molecular formula is C32H29ClN6. The number of rotatable bonds is 5. The van der Waals surface area contributed by atoms with Crippen LogP contribution in [0.1, 0.15) is 36.7 Å². The summed E-state index contributed by atoms with van der Waals surface area (Å²) in [5.41, 5.74) is 14.9. The van der Waals surface area contributed by atoms with Crippen LogP contribution in [0.3, 0.4) is 0 Å². The second kappa shape index (κ2) is 7.54. The maximum Gasteiger partial charge on any atom is 0.130 e. The van der Waals surface area contributed by atoms with E-state index in [0.29, 0.717) is 28.9 Å². The van der Waals surface area contributed by atoms with E-state index in [1.54, 1.807) is 0 Å². The molecule has 4 fully saturated rings. The summed E-state index contributed by atoms with van der Waals surface area (Å²) in [4.78, 5) is 8.42. The lowest BCUT2D eigenvalue weighted by atomic mass is 9.99. The van der Waals surface area contributed by atoms with Gasteiger partial charge in [0.05, 0.1) is 28.3 Å². The predicted molar refractivity (Wildman–Crippen MR) is 157 cm³/mol. The van der Waals surface area contributed by atoms with Crippen molar-refractivity contribution in [3.63, 3.8) is 0 Å². The first-order valence-corrected chi connectivity index (χ1v) is 14.2. The number of fused-ring (bicyclic) bond motifs is 4. The smallest absolute Gasteiger partial charge is 0.130 e. The average Bonchev–Trinajstić information content (AvgIpc) is 3.76. The fourth-order valence-electron chi connectivity index (χ4n) is 6.99. The monoisotopic (exact) mass is 532 g/mol. The van der Waals surface area contributed by atoms with E-state index in [-0.39, 0.29) is 11.6 Å². The largest absolute Gasteiger partial charge is 0.396 e. The van der Waals surface area contributed by atoms with Crippen LogP contribution < -0.4 is 21.7 Å². The third-order valence-electron chi connectivity index (χ3n) is 9.57. The Balaban J connectivity index is 0.953. The van der Waals surface area contributed by atoms with Gasteiger partial charge in [0.2, 0.25) is 0 Å². The summed E-state index contributed by atoms with van der Waals surface area (Å²) >= 11 is 6.63. The molecule has 6 nitrogen and oxygen atoms in total. The van der Waals surface area contributed by atoms with Gasteiger partial charge in [0.25, 0.3) is 0 Å². The number of H-pyrrole nitrogens is 1. The summed E-state index contributed by atoms with van der Waals surface area (Å²) in [5, 5.41) is 13.5. The van der Waals surface area contributed by atoms with Gasteiger partial charge in [0.1, 0.15) is 11.0 Å². The first-order valence-electron chi connectivity index (χ1n) is 13.9. The van der Waals surface area contributed by atoms with Gasteiger partial charge in [-0.15, -0.1) is 0 Å². The lowest BCUT2D eigenvalue weighted by Crippen LogP contribution is -2.34. The zero-order chi connectivity index (χ0) is 26.0. The standard InChI is InChI=1S/C32H29ClN6/c1-15-22-12-26(35-29(15)22)31-36-23-7-6-19(10-25(23)37-31)17-2-3-18-9-20(5-4-16(18)8-17)28(34)30(33)38-27-14-32(27)13-21-11-24(21)39-32/h2-10,14,21-22,24,26,29,35,38-39H,1,11-13,34H2,(H,36,37)/b30-28-/t21-,22+,24-,26+,29-,32?/m1/s1. The van der Waals surface area contributed by atoms with Crippen LogP contribution in [0.5, 0.6) is 0 Å². The lowest BCUT2D eigenvalue weighted by Gasteiger charge is -2.16. The quantitative estimate of drug-likeness (QED) is 0.175. The van der Waals surface area contributed by atoms with Crippen molar-refractivity contribution in [1.29, 1.82) is 0 Å². The van der Waals surface area contributed by atoms with E-state index in [4.69, 9.17) is 22.3 Å². The van der Waals surface area contributed by atoms with E-state index in [9.17, 15) is 0 Å². The Morgan fingerprint density at radius 3 is 2.69 bits per heavy atom. The highest BCUT2D eigenvalue weighted by molar-refractivity contribution is 6.32. The van der Waals surface area contributed by atoms with Crippen molar-refractivity contribution in [2.24, 2.45) is 17.6 Å². The number of aromatic amines is 1. The number of nitrogens with one attached hydrogen (secondary N) is 4. The third kappa shape index (κ3) is 3.45. The Kier molecular flexibility index (Phi) is 4.30. The van der Waals surface area contributed by atoms with Crippen LogP contribution in [0, 0.1) is 11.8 Å². The first kappa shape index (κ1) is 22.3. The maximum absolute atomic E-state index is 6.63. The molecule has 6 N–H and O–H groups in total. The Bertz CT molecular complexity index is 1790. The Hall–Kier alpha value is -3.58. The highest BCUT2D eigenvalue weighted by Crippen LogP contribution is 2.54. The molecule has 6 atom stereocenters. The average molecular weight is 533 g/mol. The molecule has 7 heteroatoms. The molecule has 3 aliphatic carbocycles. The van der Waals surface area contributed by atoms with Gasteiger partial charge in [-0.05, 0) is 77.4 Å². The van der Waals surface area contributed by atoms with Crippen LogP contribution in [-0.4, -0.2) is 27.6 Å². The van der Waals surface area contributed by atoms with E-state index in [0.717, 1.165) is 56.8 Å². The molecule has 0 radical (unpaired) electrons. The summed E-state index contributed by atoms with van der Waals surface area (Å²) in [5.74, 6) is 2.47. The van der Waals surface area contributed by atoms with Crippen molar-refractivity contribution in [1.82, 2.24) is 25.9 Å². The molecule has 3 heterocycles. The summed E-state index contributed by atoms with van der Waals surface area (Å²) in [6.45, 7) is 4.12. The number of benzene rings is 3. The minimum atomic E-state index is 0.0395. The Labute approximate surface area is 231 Å². The van der Waals surface area contributed by atoms with Gasteiger partial charge in [-0.3, -0.25) is 5.32 Å². The number of imidazole rings is 1. The van der Waals surface area contributed by atoms with Crippen LogP contribution in [0.2, 0.25) is 0 Å². The van der Waals surface area contributed by atoms with E-state index < -0.39 is 0 Å². The number of nitrogens with zero attached hydrogens (tertiary/aromatic N) is 1. The van der Waals surface area contributed by atoms with Crippen molar-refractivity contribution >= 4 is 39.1 Å². The number of nitrogens with two attached hydrogens (primary N) is 1. The zero-order valence-corrected chi connectivity index (χ0v) is 22.1. The van der Waals surface area contributed by atoms with E-state index in [1.165, 1.54) is 24.0 Å². The maximum atomic E-state index is 6.63. The van der Waals surface area contributed by atoms with E-state index >= 15 is 0 Å². The number of piperidine rings is 2. The zero-order valence-electron chi connectivity index (χ0n) is 21.4.